The third-order valence-corrected chi connectivity index (χ3v) is 3.87. The van der Waals surface area contributed by atoms with Crippen LogP contribution in [0.15, 0.2) is 54.6 Å². The van der Waals surface area contributed by atoms with E-state index in [0.717, 1.165) is 5.75 Å². The van der Waals surface area contributed by atoms with E-state index in [0.29, 0.717) is 24.3 Å². The molecule has 0 aromatic heterocycles. The number of hydrogen-bond donors (Lipinski definition) is 2. The molecule has 0 aliphatic carbocycles. The van der Waals surface area contributed by atoms with Crippen molar-refractivity contribution < 1.29 is 28.6 Å². The number of carbonyl (C=O) groups is 3. The Morgan fingerprint density at radius 3 is 2.24 bits per heavy atom. The summed E-state index contributed by atoms with van der Waals surface area (Å²) < 4.78 is 15.6. The first kappa shape index (κ1) is 21.7. The second-order valence-corrected chi connectivity index (χ2v) is 6.07. The molecule has 154 valence electrons. The molecule has 0 unspecified atom stereocenters. The summed E-state index contributed by atoms with van der Waals surface area (Å²) in [5.74, 6) is -0.222. The molecule has 0 radical (unpaired) electrons. The molecule has 0 spiro atoms. The van der Waals surface area contributed by atoms with Crippen LogP contribution in [0.4, 0.5) is 0 Å². The molecular weight excluding hydrogens is 376 g/mol. The number of hydrazine groups is 1. The minimum absolute atomic E-state index is 0.101. The summed E-state index contributed by atoms with van der Waals surface area (Å²) in [5, 5.41) is 0. The summed E-state index contributed by atoms with van der Waals surface area (Å²) >= 11 is 0. The minimum atomic E-state index is -1.04. The van der Waals surface area contributed by atoms with E-state index in [1.54, 1.807) is 61.7 Å². The van der Waals surface area contributed by atoms with E-state index in [1.165, 1.54) is 6.92 Å². The molecule has 0 aliphatic heterocycles. The monoisotopic (exact) mass is 400 g/mol. The number of rotatable bonds is 9. The van der Waals surface area contributed by atoms with E-state index >= 15 is 0 Å². The minimum Gasteiger partial charge on any atom is -0.497 e. The first-order valence-electron chi connectivity index (χ1n) is 9.11. The van der Waals surface area contributed by atoms with Gasteiger partial charge in [0.2, 0.25) is 0 Å². The van der Waals surface area contributed by atoms with Crippen molar-refractivity contribution in [1.82, 2.24) is 10.9 Å². The predicted molar refractivity (Wildman–Crippen MR) is 105 cm³/mol. The van der Waals surface area contributed by atoms with E-state index in [9.17, 15) is 14.4 Å². The van der Waals surface area contributed by atoms with Gasteiger partial charge in [-0.05, 0) is 49.7 Å². The zero-order valence-electron chi connectivity index (χ0n) is 16.3. The normalized spacial score (nSPS) is 11.1. The van der Waals surface area contributed by atoms with Crippen LogP contribution in [0.5, 0.6) is 11.5 Å². The molecule has 8 nitrogen and oxygen atoms in total. The van der Waals surface area contributed by atoms with Crippen LogP contribution >= 0.6 is 0 Å². The predicted octanol–water partition coefficient (Wildman–Crippen LogP) is 2.25. The summed E-state index contributed by atoms with van der Waals surface area (Å²) in [6.07, 6.45) is -0.505. The van der Waals surface area contributed by atoms with Crippen LogP contribution in [0, 0.1) is 0 Å². The zero-order valence-corrected chi connectivity index (χ0v) is 16.3. The molecule has 2 aromatic rings. The molecular formula is C21H24N2O6. The highest BCUT2D eigenvalue weighted by molar-refractivity contribution is 5.95. The lowest BCUT2D eigenvalue weighted by Crippen LogP contribution is -2.46. The van der Waals surface area contributed by atoms with Crippen molar-refractivity contribution in [2.75, 3.05) is 13.7 Å². The van der Waals surface area contributed by atoms with Crippen molar-refractivity contribution >= 4 is 17.8 Å². The van der Waals surface area contributed by atoms with Gasteiger partial charge in [0.25, 0.3) is 11.8 Å². The molecule has 0 heterocycles. The molecule has 0 bridgehead atoms. The van der Waals surface area contributed by atoms with Crippen LogP contribution in [0.3, 0.4) is 0 Å². The number of hydrogen-bond acceptors (Lipinski definition) is 6. The molecule has 0 fully saturated rings. The first-order valence-corrected chi connectivity index (χ1v) is 9.11. The van der Waals surface area contributed by atoms with Crippen LogP contribution in [0.1, 0.15) is 30.1 Å². The van der Waals surface area contributed by atoms with Gasteiger partial charge in [-0.15, -0.1) is 0 Å². The number of esters is 1. The summed E-state index contributed by atoms with van der Waals surface area (Å²) in [6.45, 7) is 1.75. The Morgan fingerprint density at radius 1 is 0.931 bits per heavy atom. The second kappa shape index (κ2) is 11.3. The SMILES string of the molecule is COc1ccc(OCCCC(=O)O[C@H](C)C(=O)NNC(=O)c2ccccc2)cc1. The Kier molecular flexibility index (Phi) is 8.50. The van der Waals surface area contributed by atoms with Crippen LogP contribution in [-0.2, 0) is 14.3 Å². The maximum Gasteiger partial charge on any atom is 0.306 e. The Bertz CT molecular complexity index is 808. The van der Waals surface area contributed by atoms with Gasteiger partial charge in [-0.2, -0.15) is 0 Å². The highest BCUT2D eigenvalue weighted by Crippen LogP contribution is 2.17. The average molecular weight is 400 g/mol. The van der Waals surface area contributed by atoms with Crippen molar-refractivity contribution in [1.29, 1.82) is 0 Å². The summed E-state index contributed by atoms with van der Waals surface area (Å²) in [6, 6.07) is 15.5. The van der Waals surface area contributed by atoms with Gasteiger partial charge in [0.15, 0.2) is 6.10 Å². The third kappa shape index (κ3) is 7.53. The van der Waals surface area contributed by atoms with Gasteiger partial charge in [0, 0.05) is 12.0 Å². The third-order valence-electron chi connectivity index (χ3n) is 3.87. The Balaban J connectivity index is 1.63. The number of benzene rings is 2. The van der Waals surface area contributed by atoms with Gasteiger partial charge in [0.05, 0.1) is 13.7 Å². The molecule has 2 aromatic carbocycles. The van der Waals surface area contributed by atoms with Crippen molar-refractivity contribution in [3.05, 3.63) is 60.2 Å². The molecule has 2 amide bonds. The van der Waals surface area contributed by atoms with Crippen molar-refractivity contribution in [3.63, 3.8) is 0 Å². The van der Waals surface area contributed by atoms with Gasteiger partial charge < -0.3 is 14.2 Å². The summed E-state index contributed by atoms with van der Waals surface area (Å²) in [4.78, 5) is 35.7. The molecule has 2 rings (SSSR count). The lowest BCUT2D eigenvalue weighted by Gasteiger charge is -2.14. The Morgan fingerprint density at radius 2 is 1.59 bits per heavy atom. The lowest BCUT2D eigenvalue weighted by atomic mass is 10.2. The van der Waals surface area contributed by atoms with Crippen LogP contribution in [0.25, 0.3) is 0 Å². The van der Waals surface area contributed by atoms with Gasteiger partial charge >= 0.3 is 5.97 Å². The largest absolute Gasteiger partial charge is 0.497 e. The van der Waals surface area contributed by atoms with Crippen LogP contribution < -0.4 is 20.3 Å². The number of amides is 2. The number of methoxy groups -OCH3 is 1. The number of carbonyl (C=O) groups excluding carboxylic acids is 3. The molecule has 1 atom stereocenters. The van der Waals surface area contributed by atoms with Crippen LogP contribution in [-0.4, -0.2) is 37.6 Å². The molecule has 0 saturated heterocycles. The van der Waals surface area contributed by atoms with Gasteiger partial charge in [0.1, 0.15) is 11.5 Å². The van der Waals surface area contributed by atoms with E-state index < -0.39 is 23.9 Å². The van der Waals surface area contributed by atoms with Crippen LogP contribution in [0.2, 0.25) is 0 Å². The number of ether oxygens (including phenoxy) is 3. The maximum absolute atomic E-state index is 11.9. The second-order valence-electron chi connectivity index (χ2n) is 6.07. The fourth-order valence-electron chi connectivity index (χ4n) is 2.27. The fourth-order valence-corrected chi connectivity index (χ4v) is 2.27. The van der Waals surface area contributed by atoms with E-state index in [-0.39, 0.29) is 6.42 Å². The van der Waals surface area contributed by atoms with E-state index in [2.05, 4.69) is 10.9 Å². The smallest absolute Gasteiger partial charge is 0.306 e. The molecule has 8 heteroatoms. The lowest BCUT2D eigenvalue weighted by molar-refractivity contribution is -0.155. The maximum atomic E-state index is 11.9. The Hall–Kier alpha value is -3.55. The summed E-state index contributed by atoms with van der Waals surface area (Å²) in [5.41, 5.74) is 4.90. The zero-order chi connectivity index (χ0) is 21.1. The van der Waals surface area contributed by atoms with E-state index in [4.69, 9.17) is 14.2 Å². The van der Waals surface area contributed by atoms with Gasteiger partial charge in [-0.1, -0.05) is 18.2 Å². The highest BCUT2D eigenvalue weighted by atomic mass is 16.5. The average Bonchev–Trinajstić information content (AvgIpc) is 2.75. The summed E-state index contributed by atoms with van der Waals surface area (Å²) in [7, 11) is 1.58. The standard InChI is InChI=1S/C21H24N2O6/c1-15(20(25)22-23-21(26)16-7-4-3-5-8-16)29-19(24)9-6-14-28-18-12-10-17(27-2)11-13-18/h3-5,7-8,10-13,15H,6,9,14H2,1-2H3,(H,22,25)(H,23,26)/t15-/m1/s1. The molecule has 0 saturated carbocycles. The molecule has 2 N–H and O–H groups in total. The topological polar surface area (TPSA) is 103 Å². The quantitative estimate of drug-likeness (QED) is 0.380. The molecule has 29 heavy (non-hydrogen) atoms. The fraction of sp³-hybridized carbons (Fsp3) is 0.286. The number of nitrogens with one attached hydrogen (secondary N) is 2. The van der Waals surface area contributed by atoms with Gasteiger partial charge in [-0.25, -0.2) is 0 Å². The van der Waals surface area contributed by atoms with Crippen molar-refractivity contribution in [2.45, 2.75) is 25.9 Å². The van der Waals surface area contributed by atoms with Crippen molar-refractivity contribution in [2.24, 2.45) is 0 Å². The first-order chi connectivity index (χ1) is 14.0. The van der Waals surface area contributed by atoms with E-state index in [1.807, 2.05) is 0 Å². The molecule has 0 aliphatic rings. The highest BCUT2D eigenvalue weighted by Gasteiger charge is 2.18. The Labute approximate surface area is 169 Å². The van der Waals surface area contributed by atoms with Gasteiger partial charge in [-0.3, -0.25) is 25.2 Å². The van der Waals surface area contributed by atoms with Crippen molar-refractivity contribution in [3.8, 4) is 11.5 Å².